The van der Waals surface area contributed by atoms with Crippen LogP contribution in [0.4, 0.5) is 0 Å². The first-order valence-electron chi connectivity index (χ1n) is 14.9. The maximum atomic E-state index is 13.5. The molecule has 3 fully saturated rings. The van der Waals surface area contributed by atoms with E-state index in [0.29, 0.717) is 30.8 Å². The van der Waals surface area contributed by atoms with Gasteiger partial charge in [-0.05, 0) is 63.0 Å². The minimum Gasteiger partial charge on any atom is -0.482 e. The van der Waals surface area contributed by atoms with E-state index in [1.54, 1.807) is 30.6 Å². The molecule has 1 N–H and O–H groups in total. The molecule has 4 heterocycles. The van der Waals surface area contributed by atoms with Crippen LogP contribution in [-0.2, 0) is 19.0 Å². The molecule has 9 heteroatoms. The van der Waals surface area contributed by atoms with Crippen LogP contribution in [0.15, 0.2) is 39.8 Å². The number of nitrogens with zero attached hydrogens (tertiary/aromatic N) is 1. The van der Waals surface area contributed by atoms with Crippen molar-refractivity contribution in [1.82, 2.24) is 4.98 Å². The van der Waals surface area contributed by atoms with Crippen LogP contribution in [0.1, 0.15) is 84.8 Å². The number of unbranched alkanes of at least 4 members (excludes halogenated alkanes) is 1. The number of carbonyl (C=O) groups excluding carboxylic acids is 1. The Kier molecular flexibility index (Phi) is 7.06. The van der Waals surface area contributed by atoms with Gasteiger partial charge in [-0.25, -0.2) is 4.79 Å². The van der Waals surface area contributed by atoms with Crippen molar-refractivity contribution >= 4 is 5.97 Å². The second kappa shape index (κ2) is 10.2. The fourth-order valence-electron chi connectivity index (χ4n) is 8.52. The van der Waals surface area contributed by atoms with E-state index in [-0.39, 0.29) is 41.0 Å². The molecule has 9 nitrogen and oxygen atoms in total. The number of pyridine rings is 1. The summed E-state index contributed by atoms with van der Waals surface area (Å²) in [5.41, 5.74) is -1.85. The third kappa shape index (κ3) is 4.43. The Morgan fingerprint density at radius 1 is 1.24 bits per heavy atom. The van der Waals surface area contributed by atoms with Crippen LogP contribution in [-0.4, -0.2) is 46.8 Å². The number of aliphatic hydroxyl groups is 1. The molecule has 1 saturated heterocycles. The summed E-state index contributed by atoms with van der Waals surface area (Å²) in [6, 6.07) is 5.19. The average molecular weight is 568 g/mol. The minimum atomic E-state index is -1.18. The highest BCUT2D eigenvalue weighted by molar-refractivity contribution is 5.69. The van der Waals surface area contributed by atoms with Crippen molar-refractivity contribution in [2.45, 2.75) is 103 Å². The Balaban J connectivity index is 1.47. The van der Waals surface area contributed by atoms with E-state index in [0.717, 1.165) is 25.7 Å². The van der Waals surface area contributed by atoms with Gasteiger partial charge in [-0.15, -0.1) is 0 Å². The van der Waals surface area contributed by atoms with Gasteiger partial charge in [0.05, 0.1) is 18.8 Å². The van der Waals surface area contributed by atoms with Crippen LogP contribution in [0.2, 0.25) is 0 Å². The molecule has 9 atom stereocenters. The van der Waals surface area contributed by atoms with Crippen LogP contribution in [0.5, 0.6) is 5.75 Å². The van der Waals surface area contributed by atoms with Crippen LogP contribution in [0.3, 0.4) is 0 Å². The first kappa shape index (κ1) is 28.4. The van der Waals surface area contributed by atoms with E-state index in [1.807, 2.05) is 20.8 Å². The Morgan fingerprint density at radius 2 is 2.05 bits per heavy atom. The summed E-state index contributed by atoms with van der Waals surface area (Å²) < 4.78 is 31.0. The summed E-state index contributed by atoms with van der Waals surface area (Å²) >= 11 is 0. The molecule has 0 aromatic carbocycles. The van der Waals surface area contributed by atoms with Crippen LogP contribution < -0.4 is 10.4 Å². The lowest BCUT2D eigenvalue weighted by Crippen LogP contribution is -2.72. The summed E-state index contributed by atoms with van der Waals surface area (Å²) in [6.07, 6.45) is 5.11. The summed E-state index contributed by atoms with van der Waals surface area (Å²) in [4.78, 5) is 30.7. The zero-order valence-electron chi connectivity index (χ0n) is 24.6. The number of esters is 1. The van der Waals surface area contributed by atoms with Gasteiger partial charge in [-0.3, -0.25) is 9.78 Å². The Hall–Kier alpha value is -2.75. The number of aromatic nitrogens is 1. The predicted octanol–water partition coefficient (Wildman–Crippen LogP) is 5.19. The van der Waals surface area contributed by atoms with E-state index < -0.39 is 34.8 Å². The largest absolute Gasteiger partial charge is 0.482 e. The second-order valence-corrected chi connectivity index (χ2v) is 13.1. The van der Waals surface area contributed by atoms with E-state index in [4.69, 9.17) is 23.4 Å². The average Bonchev–Trinajstić information content (AvgIpc) is 2.93. The van der Waals surface area contributed by atoms with Crippen molar-refractivity contribution in [3.05, 3.63) is 46.6 Å². The number of rotatable bonds is 5. The topological polar surface area (TPSA) is 117 Å². The van der Waals surface area contributed by atoms with E-state index in [1.165, 1.54) is 0 Å². The molecule has 2 saturated carbocycles. The number of aliphatic hydroxyl groups excluding tert-OH is 1. The van der Waals surface area contributed by atoms with Gasteiger partial charge in [0, 0.05) is 41.8 Å². The van der Waals surface area contributed by atoms with Crippen LogP contribution in [0.25, 0.3) is 11.3 Å². The van der Waals surface area contributed by atoms with Crippen molar-refractivity contribution in [2.24, 2.45) is 22.7 Å². The van der Waals surface area contributed by atoms with Gasteiger partial charge in [0.25, 0.3) is 0 Å². The molecule has 41 heavy (non-hydrogen) atoms. The molecule has 2 aliphatic carbocycles. The minimum absolute atomic E-state index is 0.0221. The van der Waals surface area contributed by atoms with E-state index >= 15 is 0 Å². The van der Waals surface area contributed by atoms with Gasteiger partial charge in [0.15, 0.2) is 6.29 Å². The molecule has 222 valence electrons. The fraction of sp³-hybridized carbons (Fsp3) is 0.656. The van der Waals surface area contributed by atoms with Crippen LogP contribution in [0, 0.1) is 22.7 Å². The third-order valence-electron chi connectivity index (χ3n) is 10.5. The van der Waals surface area contributed by atoms with Crippen molar-refractivity contribution in [3.8, 4) is 17.1 Å². The maximum Gasteiger partial charge on any atom is 0.345 e. The molecule has 6 rings (SSSR count). The van der Waals surface area contributed by atoms with Gasteiger partial charge >= 0.3 is 11.6 Å². The smallest absolute Gasteiger partial charge is 0.345 e. The Labute approximate surface area is 240 Å². The first-order chi connectivity index (χ1) is 19.5. The third-order valence-corrected chi connectivity index (χ3v) is 10.5. The van der Waals surface area contributed by atoms with Gasteiger partial charge in [0.1, 0.15) is 28.8 Å². The SMILES string of the molecule is CCCCC(=O)O[C@H]1C[C@H]2[C@]3(C)CO[C@@H](C)O[C@H]3CC[C@]2(C)[C@H]2[C@@H](O)c3c(cc(-c4cccnc4)oc3=O)O[C@]12C. The first-order valence-corrected chi connectivity index (χ1v) is 14.9. The van der Waals surface area contributed by atoms with Crippen molar-refractivity contribution in [1.29, 1.82) is 0 Å². The molecule has 0 unspecified atom stereocenters. The Bertz CT molecular complexity index is 1360. The van der Waals surface area contributed by atoms with E-state index in [2.05, 4.69) is 18.8 Å². The molecule has 0 radical (unpaired) electrons. The quantitative estimate of drug-likeness (QED) is 0.487. The van der Waals surface area contributed by atoms with Gasteiger partial charge in [0.2, 0.25) is 0 Å². The zero-order valence-corrected chi connectivity index (χ0v) is 24.6. The normalized spacial score (nSPS) is 39.4. The predicted molar refractivity (Wildman–Crippen MR) is 149 cm³/mol. The summed E-state index contributed by atoms with van der Waals surface area (Å²) in [7, 11) is 0. The molecule has 0 spiro atoms. The van der Waals surface area contributed by atoms with Crippen molar-refractivity contribution < 1.29 is 33.3 Å². The molecular weight excluding hydrogens is 526 g/mol. The summed E-state index contributed by atoms with van der Waals surface area (Å²) in [5, 5.41) is 12.1. The second-order valence-electron chi connectivity index (χ2n) is 13.1. The number of hydrogen-bond acceptors (Lipinski definition) is 9. The number of hydrogen-bond donors (Lipinski definition) is 1. The monoisotopic (exact) mass is 567 g/mol. The van der Waals surface area contributed by atoms with Crippen molar-refractivity contribution in [3.63, 3.8) is 0 Å². The summed E-state index contributed by atoms with van der Waals surface area (Å²) in [5.74, 6) is -0.304. The number of carbonyl (C=O) groups is 1. The molecule has 2 aliphatic heterocycles. The van der Waals surface area contributed by atoms with E-state index in [9.17, 15) is 14.7 Å². The van der Waals surface area contributed by atoms with Gasteiger partial charge in [-0.2, -0.15) is 0 Å². The van der Waals surface area contributed by atoms with Crippen LogP contribution >= 0.6 is 0 Å². The number of ether oxygens (including phenoxy) is 4. The lowest BCUT2D eigenvalue weighted by atomic mass is 9.42. The molecule has 2 aromatic heterocycles. The molecule has 0 bridgehead atoms. The van der Waals surface area contributed by atoms with Crippen molar-refractivity contribution in [2.75, 3.05) is 6.61 Å². The lowest BCUT2D eigenvalue weighted by molar-refractivity contribution is -0.324. The molecule has 4 aliphatic rings. The highest BCUT2D eigenvalue weighted by Gasteiger charge is 2.70. The fourth-order valence-corrected chi connectivity index (χ4v) is 8.52. The zero-order chi connectivity index (χ0) is 29.2. The molecular formula is C32H41NO8. The molecule has 0 amide bonds. The van der Waals surface area contributed by atoms with Gasteiger partial charge < -0.3 is 28.5 Å². The molecule has 2 aromatic rings. The lowest BCUT2D eigenvalue weighted by Gasteiger charge is -2.67. The Morgan fingerprint density at radius 3 is 2.78 bits per heavy atom. The van der Waals surface area contributed by atoms with Gasteiger partial charge in [-0.1, -0.05) is 27.2 Å². The summed E-state index contributed by atoms with van der Waals surface area (Å²) in [6.45, 7) is 10.7. The standard InChI is InChI=1S/C32H41NO8/c1-6-7-10-25(34)40-24-15-22-30(3,12-11-23-31(22,4)17-37-18(2)38-23)28-27(35)26-21(41-32(24,28)5)14-20(39-29(26)36)19-9-8-13-33-16-19/h8-9,13-14,16,18,22-24,27-28,35H,6-7,10-12,15,17H2,1-5H3/t18-,22-,23+,24+,27+,28-,30+,31+,32-/m1/s1. The highest BCUT2D eigenvalue weighted by Crippen LogP contribution is 2.68. The number of fused-ring (bicyclic) bond motifs is 6. The highest BCUT2D eigenvalue weighted by atomic mass is 16.7. The maximum absolute atomic E-state index is 13.5.